The van der Waals surface area contributed by atoms with Gasteiger partial charge in [0.1, 0.15) is 31.0 Å². The lowest BCUT2D eigenvalue weighted by molar-refractivity contribution is -0.175. The lowest BCUT2D eigenvalue weighted by Crippen LogP contribution is -2.67. The third-order valence-corrected chi connectivity index (χ3v) is 5.91. The first kappa shape index (κ1) is 28.6. The molecule has 38 heavy (non-hydrogen) atoms. The lowest BCUT2D eigenvalue weighted by atomic mass is 9.89. The fourth-order valence-corrected chi connectivity index (χ4v) is 4.18. The van der Waals surface area contributed by atoms with E-state index in [2.05, 4.69) is 0 Å². The third kappa shape index (κ3) is 7.77. The minimum atomic E-state index is -1.63. The van der Waals surface area contributed by atoms with Crippen LogP contribution in [-0.4, -0.2) is 82.7 Å². The number of aliphatic hydroxyl groups is 2. The molecule has 2 aromatic rings. The average molecular weight is 530 g/mol. The van der Waals surface area contributed by atoms with E-state index in [-0.39, 0.29) is 25.2 Å². The Balaban J connectivity index is 1.94. The van der Waals surface area contributed by atoms with Crippen molar-refractivity contribution in [2.45, 2.75) is 57.3 Å². The molecule has 5 atom stereocenters. The van der Waals surface area contributed by atoms with Gasteiger partial charge in [-0.05, 0) is 17.7 Å². The number of aliphatic hydroxyl groups excluding tert-OH is 2. The number of hydrogen-bond donors (Lipinski definition) is 2. The summed E-state index contributed by atoms with van der Waals surface area (Å²) in [6.45, 7) is 1.68. The van der Waals surface area contributed by atoms with Crippen LogP contribution in [0.1, 0.15) is 36.2 Å². The van der Waals surface area contributed by atoms with Crippen LogP contribution in [0.3, 0.4) is 0 Å². The van der Waals surface area contributed by atoms with Crippen molar-refractivity contribution in [2.24, 2.45) is 0 Å². The molecule has 0 aliphatic carbocycles. The Labute approximate surface area is 219 Å². The highest BCUT2D eigenvalue weighted by atomic mass is 16.6. The van der Waals surface area contributed by atoms with Crippen LogP contribution in [0.2, 0.25) is 0 Å². The molecule has 1 aliphatic rings. The summed E-state index contributed by atoms with van der Waals surface area (Å²) >= 11 is 0. The second-order valence-electron chi connectivity index (χ2n) is 8.75. The zero-order valence-electron chi connectivity index (χ0n) is 21.1. The van der Waals surface area contributed by atoms with Crippen LogP contribution in [0, 0.1) is 0 Å². The monoisotopic (exact) mass is 529 g/mol. The lowest BCUT2D eigenvalue weighted by Gasteiger charge is -2.46. The van der Waals surface area contributed by atoms with Gasteiger partial charge in [0.15, 0.2) is 6.10 Å². The van der Waals surface area contributed by atoms with E-state index in [0.29, 0.717) is 5.56 Å². The summed E-state index contributed by atoms with van der Waals surface area (Å²) in [4.78, 5) is 50.5. The van der Waals surface area contributed by atoms with Gasteiger partial charge in [-0.1, -0.05) is 48.5 Å². The van der Waals surface area contributed by atoms with Gasteiger partial charge in [0.2, 0.25) is 0 Å². The summed E-state index contributed by atoms with van der Waals surface area (Å²) in [5, 5.41) is 21.5. The molecule has 11 heteroatoms. The van der Waals surface area contributed by atoms with Gasteiger partial charge < -0.3 is 29.2 Å². The molecule has 1 heterocycles. The van der Waals surface area contributed by atoms with Gasteiger partial charge in [-0.25, -0.2) is 9.59 Å². The summed E-state index contributed by atoms with van der Waals surface area (Å²) in [6, 6.07) is 15.5. The first-order valence-electron chi connectivity index (χ1n) is 12.1. The summed E-state index contributed by atoms with van der Waals surface area (Å²) in [7, 11) is 0. The Bertz CT molecular complexity index is 1090. The molecule has 3 rings (SSSR count). The number of benzene rings is 2. The number of likely N-dealkylation sites (tertiary alicyclic amines) is 1. The van der Waals surface area contributed by atoms with Gasteiger partial charge in [-0.15, -0.1) is 0 Å². The molecule has 0 radical (unpaired) electrons. The third-order valence-electron chi connectivity index (χ3n) is 5.91. The van der Waals surface area contributed by atoms with Gasteiger partial charge in [0, 0.05) is 20.3 Å². The second-order valence-corrected chi connectivity index (χ2v) is 8.75. The van der Waals surface area contributed by atoms with Crippen molar-refractivity contribution >= 4 is 24.0 Å². The topological polar surface area (TPSA) is 149 Å². The van der Waals surface area contributed by atoms with Crippen LogP contribution in [0.25, 0.3) is 0 Å². The number of esters is 3. The number of ether oxygens (including phenoxy) is 4. The Morgan fingerprint density at radius 1 is 0.921 bits per heavy atom. The summed E-state index contributed by atoms with van der Waals surface area (Å²) in [5.41, 5.74) is 0.870. The van der Waals surface area contributed by atoms with Crippen molar-refractivity contribution in [3.05, 3.63) is 71.8 Å². The Morgan fingerprint density at radius 2 is 1.55 bits per heavy atom. The highest BCUT2D eigenvalue weighted by Crippen LogP contribution is 2.29. The number of β-amino-alcohol motifs (C(OH)–C–C–N with tert-alkyl or cyclic N) is 1. The van der Waals surface area contributed by atoms with Gasteiger partial charge in [0.25, 0.3) is 0 Å². The van der Waals surface area contributed by atoms with Crippen molar-refractivity contribution in [3.8, 4) is 0 Å². The average Bonchev–Trinajstić information content (AvgIpc) is 2.90. The SMILES string of the molecule is CC(=O)OCC[C@H](OC(C)=O)[C@@H]1[C@@H](OC(=O)c2ccccc2)[C@H](O)[C@H](O)CN1C(=O)OCc1ccccc1. The minimum Gasteiger partial charge on any atom is -0.466 e. The van der Waals surface area contributed by atoms with Crippen LogP contribution in [-0.2, 0) is 35.1 Å². The number of amides is 1. The van der Waals surface area contributed by atoms with Crippen molar-refractivity contribution < 1.29 is 48.3 Å². The number of nitrogens with zero attached hydrogens (tertiary/aromatic N) is 1. The Kier molecular flexibility index (Phi) is 10.2. The molecule has 1 saturated heterocycles. The maximum atomic E-state index is 13.3. The fourth-order valence-electron chi connectivity index (χ4n) is 4.18. The molecule has 2 N–H and O–H groups in total. The highest BCUT2D eigenvalue weighted by molar-refractivity contribution is 5.89. The van der Waals surface area contributed by atoms with Crippen molar-refractivity contribution in [2.75, 3.05) is 13.2 Å². The van der Waals surface area contributed by atoms with Gasteiger partial charge in [-0.3, -0.25) is 14.5 Å². The molecular formula is C27H31NO10. The largest absolute Gasteiger partial charge is 0.466 e. The molecule has 1 aliphatic heterocycles. The number of rotatable bonds is 9. The zero-order chi connectivity index (χ0) is 27.7. The molecule has 1 amide bonds. The van der Waals surface area contributed by atoms with E-state index < -0.39 is 61.0 Å². The van der Waals surface area contributed by atoms with Gasteiger partial charge in [-0.2, -0.15) is 0 Å². The second kappa shape index (κ2) is 13.5. The molecule has 0 aromatic heterocycles. The minimum absolute atomic E-state index is 0.0888. The van der Waals surface area contributed by atoms with Crippen LogP contribution in [0.5, 0.6) is 0 Å². The number of hydrogen-bond acceptors (Lipinski definition) is 10. The first-order valence-corrected chi connectivity index (χ1v) is 12.1. The van der Waals surface area contributed by atoms with E-state index in [1.807, 2.05) is 6.07 Å². The van der Waals surface area contributed by atoms with Crippen LogP contribution >= 0.6 is 0 Å². The maximum absolute atomic E-state index is 13.3. The summed E-state index contributed by atoms with van der Waals surface area (Å²) in [5.74, 6) is -2.12. The molecular weight excluding hydrogens is 498 g/mol. The smallest absolute Gasteiger partial charge is 0.410 e. The fraction of sp³-hybridized carbons (Fsp3) is 0.407. The standard InChI is InChI=1S/C27H31NO10/c1-17(29)35-14-13-22(37-18(2)30)23-25(38-26(33)20-11-7-4-8-12-20)24(32)21(31)15-28(23)27(34)36-16-19-9-5-3-6-10-19/h3-12,21-25,31-32H,13-16H2,1-2H3/t21-,22+,23-,24-,25-/m1/s1. The van der Waals surface area contributed by atoms with E-state index in [0.717, 1.165) is 11.8 Å². The highest BCUT2D eigenvalue weighted by Gasteiger charge is 2.51. The number of carbonyl (C=O) groups is 4. The predicted molar refractivity (Wildman–Crippen MR) is 132 cm³/mol. The molecule has 2 aromatic carbocycles. The van der Waals surface area contributed by atoms with Gasteiger partial charge in [0.05, 0.1) is 18.7 Å². The van der Waals surface area contributed by atoms with Crippen molar-refractivity contribution in [3.63, 3.8) is 0 Å². The van der Waals surface area contributed by atoms with Crippen molar-refractivity contribution in [1.82, 2.24) is 4.90 Å². The maximum Gasteiger partial charge on any atom is 0.410 e. The molecule has 0 unspecified atom stereocenters. The number of piperidine rings is 1. The van der Waals surface area contributed by atoms with E-state index in [1.54, 1.807) is 42.5 Å². The molecule has 0 bridgehead atoms. The predicted octanol–water partition coefficient (Wildman–Crippen LogP) is 1.84. The summed E-state index contributed by atoms with van der Waals surface area (Å²) < 4.78 is 21.5. The number of carbonyl (C=O) groups excluding carboxylic acids is 4. The van der Waals surface area contributed by atoms with E-state index in [9.17, 15) is 29.4 Å². The molecule has 0 spiro atoms. The summed E-state index contributed by atoms with van der Waals surface area (Å²) in [6.07, 6.45) is -6.82. The van der Waals surface area contributed by atoms with Crippen LogP contribution in [0.4, 0.5) is 4.79 Å². The Hall–Kier alpha value is -3.96. The molecule has 1 fully saturated rings. The molecule has 0 saturated carbocycles. The van der Waals surface area contributed by atoms with E-state index in [1.165, 1.54) is 19.1 Å². The Morgan fingerprint density at radius 3 is 2.16 bits per heavy atom. The van der Waals surface area contributed by atoms with Gasteiger partial charge >= 0.3 is 24.0 Å². The van der Waals surface area contributed by atoms with E-state index in [4.69, 9.17) is 18.9 Å². The first-order chi connectivity index (χ1) is 18.2. The molecule has 11 nitrogen and oxygen atoms in total. The van der Waals surface area contributed by atoms with E-state index >= 15 is 0 Å². The van der Waals surface area contributed by atoms with Crippen LogP contribution < -0.4 is 0 Å². The normalized spacial score (nSPS) is 21.6. The van der Waals surface area contributed by atoms with Crippen molar-refractivity contribution in [1.29, 1.82) is 0 Å². The molecule has 204 valence electrons. The zero-order valence-corrected chi connectivity index (χ0v) is 21.1. The quantitative estimate of drug-likeness (QED) is 0.364. The van der Waals surface area contributed by atoms with Crippen LogP contribution in [0.15, 0.2) is 60.7 Å².